The fourth-order valence-electron chi connectivity index (χ4n) is 1.38. The zero-order valence-electron chi connectivity index (χ0n) is 9.00. The van der Waals surface area contributed by atoms with Gasteiger partial charge in [-0.05, 0) is 36.8 Å². The molecule has 0 aliphatic heterocycles. The van der Waals surface area contributed by atoms with Crippen LogP contribution in [0.25, 0.3) is 0 Å². The lowest BCUT2D eigenvalue weighted by atomic mass is 10.2. The summed E-state index contributed by atoms with van der Waals surface area (Å²) in [6, 6.07) is 5.48. The molecule has 0 saturated carbocycles. The number of rotatable bonds is 3. The Morgan fingerprint density at radius 3 is 2.76 bits per heavy atom. The minimum Gasteiger partial charge on any atom is -0.318 e. The Balaban J connectivity index is 2.13. The van der Waals surface area contributed by atoms with Gasteiger partial charge in [-0.1, -0.05) is 29.3 Å². The molecule has 2 aromatic rings. The van der Waals surface area contributed by atoms with E-state index >= 15 is 0 Å². The molecule has 90 valence electrons. The number of benzene rings is 1. The van der Waals surface area contributed by atoms with Crippen molar-refractivity contribution in [2.45, 2.75) is 13.5 Å². The molecule has 0 radical (unpaired) electrons. The number of halogens is 2. The molecule has 0 spiro atoms. The van der Waals surface area contributed by atoms with Crippen LogP contribution in [0.15, 0.2) is 18.2 Å². The Morgan fingerprint density at radius 2 is 2.18 bits per heavy atom. The summed E-state index contributed by atoms with van der Waals surface area (Å²) in [4.78, 5) is 0. The highest BCUT2D eigenvalue weighted by Gasteiger charge is 2.02. The van der Waals surface area contributed by atoms with Crippen LogP contribution >= 0.6 is 35.4 Å². The third kappa shape index (κ3) is 2.80. The van der Waals surface area contributed by atoms with E-state index in [-0.39, 0.29) is 0 Å². The normalized spacial score (nSPS) is 10.5. The van der Waals surface area contributed by atoms with Crippen molar-refractivity contribution in [3.63, 3.8) is 0 Å². The van der Waals surface area contributed by atoms with Crippen LogP contribution < -0.4 is 5.43 Å². The molecular formula is C10H10Cl2N4S. The standard InChI is InChI=1S/C10H10Cl2N4S/c1-6-14-15-10(17)16(6)13-5-7-2-3-8(11)9(12)4-7/h2-4,13H,5H2,1H3,(H,15,17). The highest BCUT2D eigenvalue weighted by molar-refractivity contribution is 7.71. The molecule has 1 heterocycles. The van der Waals surface area contributed by atoms with Crippen molar-refractivity contribution in [3.8, 4) is 0 Å². The van der Waals surface area contributed by atoms with Gasteiger partial charge in [-0.15, -0.1) is 0 Å². The summed E-state index contributed by atoms with van der Waals surface area (Å²) in [7, 11) is 0. The number of hydrogen-bond donors (Lipinski definition) is 2. The van der Waals surface area contributed by atoms with Crippen LogP contribution in [0.5, 0.6) is 0 Å². The Bertz CT molecular complexity index is 590. The first-order valence-corrected chi connectivity index (χ1v) is 6.06. The van der Waals surface area contributed by atoms with Gasteiger partial charge in [0.2, 0.25) is 4.77 Å². The van der Waals surface area contributed by atoms with Gasteiger partial charge in [0.15, 0.2) is 0 Å². The van der Waals surface area contributed by atoms with Gasteiger partial charge in [0.25, 0.3) is 0 Å². The van der Waals surface area contributed by atoms with E-state index in [9.17, 15) is 0 Å². The molecule has 7 heteroatoms. The number of nitrogens with zero attached hydrogens (tertiary/aromatic N) is 2. The van der Waals surface area contributed by atoms with E-state index in [1.54, 1.807) is 10.7 Å². The molecule has 0 unspecified atom stereocenters. The molecule has 2 rings (SSSR count). The van der Waals surface area contributed by atoms with E-state index in [2.05, 4.69) is 15.6 Å². The molecule has 0 aliphatic carbocycles. The van der Waals surface area contributed by atoms with Crippen molar-refractivity contribution in [2.75, 3.05) is 5.43 Å². The summed E-state index contributed by atoms with van der Waals surface area (Å²) in [5.74, 6) is 0.773. The molecule has 0 amide bonds. The highest BCUT2D eigenvalue weighted by Crippen LogP contribution is 2.22. The van der Waals surface area contributed by atoms with E-state index in [1.165, 1.54) is 0 Å². The molecule has 1 aromatic heterocycles. The van der Waals surface area contributed by atoms with Gasteiger partial charge in [0.05, 0.1) is 16.6 Å². The predicted octanol–water partition coefficient (Wildman–Crippen LogP) is 3.30. The summed E-state index contributed by atoms with van der Waals surface area (Å²) in [5, 5.41) is 7.78. The largest absolute Gasteiger partial charge is 0.318 e. The number of H-pyrrole nitrogens is 1. The van der Waals surface area contributed by atoms with Crippen LogP contribution in [0.2, 0.25) is 10.0 Å². The molecule has 1 aromatic carbocycles. The van der Waals surface area contributed by atoms with Crippen LogP contribution in [0.4, 0.5) is 0 Å². The van der Waals surface area contributed by atoms with Crippen LogP contribution in [0, 0.1) is 11.7 Å². The topological polar surface area (TPSA) is 45.6 Å². The molecule has 17 heavy (non-hydrogen) atoms. The lowest BCUT2D eigenvalue weighted by Crippen LogP contribution is -2.15. The molecule has 0 aliphatic rings. The van der Waals surface area contributed by atoms with Gasteiger partial charge in [0.1, 0.15) is 5.82 Å². The second-order valence-corrected chi connectivity index (χ2v) is 4.70. The first-order valence-electron chi connectivity index (χ1n) is 4.90. The molecule has 0 fully saturated rings. The monoisotopic (exact) mass is 288 g/mol. The predicted molar refractivity (Wildman–Crippen MR) is 71.7 cm³/mol. The Morgan fingerprint density at radius 1 is 1.41 bits per heavy atom. The second-order valence-electron chi connectivity index (χ2n) is 3.49. The van der Waals surface area contributed by atoms with Gasteiger partial charge in [-0.3, -0.25) is 5.10 Å². The van der Waals surface area contributed by atoms with Gasteiger partial charge >= 0.3 is 0 Å². The molecular weight excluding hydrogens is 279 g/mol. The number of aryl methyl sites for hydroxylation is 1. The molecule has 0 saturated heterocycles. The van der Waals surface area contributed by atoms with Crippen molar-refractivity contribution < 1.29 is 0 Å². The van der Waals surface area contributed by atoms with Gasteiger partial charge < -0.3 is 5.43 Å². The van der Waals surface area contributed by atoms with E-state index < -0.39 is 0 Å². The SMILES string of the molecule is Cc1n[nH]c(=S)n1NCc1ccc(Cl)c(Cl)c1. The van der Waals surface area contributed by atoms with Crippen LogP contribution in [-0.4, -0.2) is 14.9 Å². The van der Waals surface area contributed by atoms with E-state index in [1.807, 2.05) is 19.1 Å². The third-order valence-electron chi connectivity index (χ3n) is 2.27. The Kier molecular flexibility index (Phi) is 3.71. The number of nitrogens with one attached hydrogen (secondary N) is 2. The Hall–Kier alpha value is -1.04. The van der Waals surface area contributed by atoms with E-state index in [0.717, 1.165) is 11.4 Å². The maximum absolute atomic E-state index is 5.93. The quantitative estimate of drug-likeness (QED) is 0.852. The second kappa shape index (κ2) is 5.08. The van der Waals surface area contributed by atoms with Gasteiger partial charge in [0, 0.05) is 0 Å². The molecule has 0 atom stereocenters. The molecule has 2 N–H and O–H groups in total. The summed E-state index contributed by atoms with van der Waals surface area (Å²) in [6.45, 7) is 2.44. The Labute approximate surface area is 114 Å². The lowest BCUT2D eigenvalue weighted by Gasteiger charge is -2.08. The zero-order chi connectivity index (χ0) is 12.4. The van der Waals surface area contributed by atoms with Gasteiger partial charge in [-0.2, -0.15) is 5.10 Å². The minimum atomic E-state index is 0.530. The number of aromatic nitrogens is 3. The highest BCUT2D eigenvalue weighted by atomic mass is 35.5. The van der Waals surface area contributed by atoms with Crippen molar-refractivity contribution in [1.82, 2.24) is 14.9 Å². The van der Waals surface area contributed by atoms with Crippen LogP contribution in [0.1, 0.15) is 11.4 Å². The first-order chi connectivity index (χ1) is 8.08. The number of hydrogen-bond acceptors (Lipinski definition) is 3. The minimum absolute atomic E-state index is 0.530. The van der Waals surface area contributed by atoms with Crippen molar-refractivity contribution >= 4 is 35.4 Å². The summed E-state index contributed by atoms with van der Waals surface area (Å²) in [6.07, 6.45) is 0. The number of aromatic amines is 1. The summed E-state index contributed by atoms with van der Waals surface area (Å²) in [5.41, 5.74) is 4.16. The molecule has 0 bridgehead atoms. The van der Waals surface area contributed by atoms with Crippen molar-refractivity contribution in [2.24, 2.45) is 0 Å². The maximum Gasteiger partial charge on any atom is 0.214 e. The van der Waals surface area contributed by atoms with Crippen LogP contribution in [-0.2, 0) is 6.54 Å². The summed E-state index contributed by atoms with van der Waals surface area (Å²) < 4.78 is 2.24. The van der Waals surface area contributed by atoms with E-state index in [4.69, 9.17) is 35.4 Å². The average molecular weight is 289 g/mol. The van der Waals surface area contributed by atoms with Gasteiger partial charge in [-0.25, -0.2) is 4.68 Å². The summed E-state index contributed by atoms with van der Waals surface area (Å²) >= 11 is 16.8. The molecule has 4 nitrogen and oxygen atoms in total. The zero-order valence-corrected chi connectivity index (χ0v) is 11.3. The first kappa shape index (κ1) is 12.4. The lowest BCUT2D eigenvalue weighted by molar-refractivity contribution is 0.794. The van der Waals surface area contributed by atoms with Crippen LogP contribution in [0.3, 0.4) is 0 Å². The maximum atomic E-state index is 5.93. The smallest absolute Gasteiger partial charge is 0.214 e. The fourth-order valence-corrected chi connectivity index (χ4v) is 1.94. The van der Waals surface area contributed by atoms with Crippen molar-refractivity contribution in [1.29, 1.82) is 0 Å². The third-order valence-corrected chi connectivity index (χ3v) is 3.28. The van der Waals surface area contributed by atoms with Crippen molar-refractivity contribution in [3.05, 3.63) is 44.4 Å². The fraction of sp³-hybridized carbons (Fsp3) is 0.200. The van der Waals surface area contributed by atoms with E-state index in [0.29, 0.717) is 21.4 Å². The average Bonchev–Trinajstić information content (AvgIpc) is 2.61.